The summed E-state index contributed by atoms with van der Waals surface area (Å²) in [7, 11) is 1.61. The second-order valence-corrected chi connectivity index (χ2v) is 8.99. The average Bonchev–Trinajstić information content (AvgIpc) is 2.79. The Morgan fingerprint density at radius 1 is 1.16 bits per heavy atom. The first kappa shape index (κ1) is 23.6. The van der Waals surface area contributed by atoms with Crippen LogP contribution in [0.25, 0.3) is 0 Å². The molecule has 0 bridgehead atoms. The first-order valence-electron chi connectivity index (χ1n) is 10.6. The topological polar surface area (TPSA) is 58.6 Å². The van der Waals surface area contributed by atoms with Gasteiger partial charge in [-0.2, -0.15) is 0 Å². The van der Waals surface area contributed by atoms with E-state index in [1.165, 1.54) is 6.42 Å². The van der Waals surface area contributed by atoms with Crippen LogP contribution in [-0.4, -0.2) is 35.7 Å². The molecular weight excluding hydrogens is 480 g/mol. The van der Waals surface area contributed by atoms with Gasteiger partial charge in [-0.25, -0.2) is 0 Å². The van der Waals surface area contributed by atoms with Gasteiger partial charge in [-0.05, 0) is 48.2 Å². The molecule has 0 saturated heterocycles. The van der Waals surface area contributed by atoms with Crippen LogP contribution in [-0.2, 0) is 16.1 Å². The molecule has 3 rings (SSSR count). The number of hydrogen-bond acceptors (Lipinski definition) is 3. The number of benzene rings is 2. The molecule has 1 fully saturated rings. The minimum atomic E-state index is -0.771. The molecule has 0 heterocycles. The SMILES string of the molecule is COc1ccc(CN(C(=O)CCl)[C@H](C(=O)NC2CCCCC2)c2cccc(Br)c2)cc1. The monoisotopic (exact) mass is 506 g/mol. The maximum Gasteiger partial charge on any atom is 0.247 e. The highest BCUT2D eigenvalue weighted by Crippen LogP contribution is 2.28. The lowest BCUT2D eigenvalue weighted by atomic mass is 9.94. The molecule has 1 N–H and O–H groups in total. The van der Waals surface area contributed by atoms with Crippen LogP contribution in [0.1, 0.15) is 49.3 Å². The van der Waals surface area contributed by atoms with Crippen LogP contribution in [0.15, 0.2) is 53.0 Å². The minimum absolute atomic E-state index is 0.143. The molecule has 1 aliphatic rings. The predicted molar refractivity (Wildman–Crippen MR) is 126 cm³/mol. The number of nitrogens with zero attached hydrogens (tertiary/aromatic N) is 1. The van der Waals surface area contributed by atoms with E-state index in [1.54, 1.807) is 12.0 Å². The third kappa shape index (κ3) is 6.47. The van der Waals surface area contributed by atoms with Gasteiger partial charge >= 0.3 is 0 Å². The number of carbonyl (C=O) groups excluding carboxylic acids is 2. The van der Waals surface area contributed by atoms with E-state index in [4.69, 9.17) is 16.3 Å². The van der Waals surface area contributed by atoms with Crippen LogP contribution >= 0.6 is 27.5 Å². The molecule has 0 aromatic heterocycles. The molecule has 31 heavy (non-hydrogen) atoms. The zero-order valence-electron chi connectivity index (χ0n) is 17.7. The van der Waals surface area contributed by atoms with Crippen molar-refractivity contribution < 1.29 is 14.3 Å². The van der Waals surface area contributed by atoms with Crippen molar-refractivity contribution in [2.45, 2.75) is 50.7 Å². The van der Waals surface area contributed by atoms with Crippen molar-refractivity contribution in [2.24, 2.45) is 0 Å². The van der Waals surface area contributed by atoms with Gasteiger partial charge in [-0.1, -0.05) is 59.5 Å². The Kier molecular flexibility index (Phi) is 8.79. The van der Waals surface area contributed by atoms with Crippen LogP contribution in [0.4, 0.5) is 0 Å². The van der Waals surface area contributed by atoms with Crippen LogP contribution < -0.4 is 10.1 Å². The molecule has 7 heteroatoms. The summed E-state index contributed by atoms with van der Waals surface area (Å²) in [6, 6.07) is 14.4. The zero-order chi connectivity index (χ0) is 22.2. The molecule has 2 aromatic rings. The van der Waals surface area contributed by atoms with Gasteiger partial charge < -0.3 is 15.0 Å². The van der Waals surface area contributed by atoms with Crippen molar-refractivity contribution in [1.82, 2.24) is 10.2 Å². The Labute approximate surface area is 197 Å². The Morgan fingerprint density at radius 2 is 1.87 bits per heavy atom. The predicted octanol–water partition coefficient (Wildman–Crippen LogP) is 5.22. The number of methoxy groups -OCH3 is 1. The third-order valence-corrected chi connectivity index (χ3v) is 6.34. The molecule has 1 aliphatic carbocycles. The van der Waals surface area contributed by atoms with E-state index < -0.39 is 6.04 Å². The van der Waals surface area contributed by atoms with E-state index in [9.17, 15) is 9.59 Å². The quantitative estimate of drug-likeness (QED) is 0.499. The second-order valence-electron chi connectivity index (χ2n) is 7.80. The molecule has 166 valence electrons. The van der Waals surface area contributed by atoms with Crippen molar-refractivity contribution in [3.8, 4) is 5.75 Å². The van der Waals surface area contributed by atoms with Gasteiger partial charge in [0, 0.05) is 17.1 Å². The lowest BCUT2D eigenvalue weighted by molar-refractivity contribution is -0.140. The van der Waals surface area contributed by atoms with Crippen LogP contribution in [0, 0.1) is 0 Å². The summed E-state index contributed by atoms with van der Waals surface area (Å²) in [5.41, 5.74) is 1.64. The molecule has 5 nitrogen and oxygen atoms in total. The first-order valence-corrected chi connectivity index (χ1v) is 11.9. The van der Waals surface area contributed by atoms with Crippen molar-refractivity contribution in [1.29, 1.82) is 0 Å². The molecule has 0 radical (unpaired) electrons. The highest BCUT2D eigenvalue weighted by atomic mass is 79.9. The Bertz CT molecular complexity index is 885. The van der Waals surface area contributed by atoms with Gasteiger partial charge in [0.1, 0.15) is 17.7 Å². The summed E-state index contributed by atoms with van der Waals surface area (Å²) in [5.74, 6) is 0.0768. The average molecular weight is 508 g/mol. The number of amides is 2. The van der Waals surface area contributed by atoms with E-state index in [0.29, 0.717) is 0 Å². The Hall–Kier alpha value is -2.05. The number of hydrogen-bond donors (Lipinski definition) is 1. The third-order valence-electron chi connectivity index (χ3n) is 5.62. The smallest absolute Gasteiger partial charge is 0.247 e. The van der Waals surface area contributed by atoms with E-state index in [2.05, 4.69) is 21.2 Å². The Balaban J connectivity index is 1.93. The summed E-state index contributed by atoms with van der Waals surface area (Å²) in [4.78, 5) is 28.0. The number of ether oxygens (including phenoxy) is 1. The lowest BCUT2D eigenvalue weighted by Crippen LogP contribution is -2.47. The standard InChI is InChI=1S/C24H28BrClN2O3/c1-31-21-12-10-17(11-13-21)16-28(22(29)15-26)23(18-6-5-7-19(25)14-18)24(30)27-20-8-3-2-4-9-20/h5-7,10-14,20,23H,2-4,8-9,15-16H2,1H3,(H,27,30)/t23-/m0/s1. The van der Waals surface area contributed by atoms with Crippen molar-refractivity contribution in [3.05, 3.63) is 64.1 Å². The molecule has 0 aliphatic heterocycles. The van der Waals surface area contributed by atoms with Gasteiger partial charge in [0.2, 0.25) is 11.8 Å². The largest absolute Gasteiger partial charge is 0.497 e. The summed E-state index contributed by atoms with van der Waals surface area (Å²) in [6.07, 6.45) is 5.37. The minimum Gasteiger partial charge on any atom is -0.497 e. The van der Waals surface area contributed by atoms with E-state index >= 15 is 0 Å². The fourth-order valence-corrected chi connectivity index (χ4v) is 4.57. The molecule has 2 aromatic carbocycles. The van der Waals surface area contributed by atoms with E-state index in [-0.39, 0.29) is 30.3 Å². The number of carbonyl (C=O) groups is 2. The molecule has 1 saturated carbocycles. The number of rotatable bonds is 8. The van der Waals surface area contributed by atoms with Crippen molar-refractivity contribution >= 4 is 39.3 Å². The van der Waals surface area contributed by atoms with Gasteiger partial charge in [0.05, 0.1) is 7.11 Å². The second kappa shape index (κ2) is 11.5. The summed E-state index contributed by atoms with van der Waals surface area (Å²) in [6.45, 7) is 0.269. The van der Waals surface area contributed by atoms with Crippen molar-refractivity contribution in [3.63, 3.8) is 0 Å². The Morgan fingerprint density at radius 3 is 2.48 bits per heavy atom. The summed E-state index contributed by atoms with van der Waals surface area (Å²) < 4.78 is 6.07. The molecule has 0 spiro atoms. The fraction of sp³-hybridized carbons (Fsp3) is 0.417. The van der Waals surface area contributed by atoms with Gasteiger partial charge in [-0.15, -0.1) is 11.6 Å². The highest BCUT2D eigenvalue weighted by Gasteiger charge is 2.32. The van der Waals surface area contributed by atoms with E-state index in [1.807, 2.05) is 48.5 Å². The normalized spacial score (nSPS) is 15.2. The van der Waals surface area contributed by atoms with Gasteiger partial charge in [0.15, 0.2) is 0 Å². The van der Waals surface area contributed by atoms with Gasteiger partial charge in [-0.3, -0.25) is 9.59 Å². The summed E-state index contributed by atoms with van der Waals surface area (Å²) in [5, 5.41) is 3.19. The van der Waals surface area contributed by atoms with E-state index in [0.717, 1.165) is 47.0 Å². The number of alkyl halides is 1. The molecule has 2 amide bonds. The van der Waals surface area contributed by atoms with Gasteiger partial charge in [0.25, 0.3) is 0 Å². The molecular formula is C24H28BrClN2O3. The lowest BCUT2D eigenvalue weighted by Gasteiger charge is -2.33. The van der Waals surface area contributed by atoms with Crippen LogP contribution in [0.2, 0.25) is 0 Å². The number of nitrogens with one attached hydrogen (secondary N) is 1. The fourth-order valence-electron chi connectivity index (χ4n) is 4.00. The summed E-state index contributed by atoms with van der Waals surface area (Å²) >= 11 is 9.46. The molecule has 0 unspecified atom stereocenters. The maximum absolute atomic E-state index is 13.5. The van der Waals surface area contributed by atoms with Crippen molar-refractivity contribution in [2.75, 3.05) is 13.0 Å². The number of halogens is 2. The first-order chi connectivity index (χ1) is 15.0. The molecule has 1 atom stereocenters. The highest BCUT2D eigenvalue weighted by molar-refractivity contribution is 9.10. The van der Waals surface area contributed by atoms with Crippen LogP contribution in [0.5, 0.6) is 5.75 Å². The zero-order valence-corrected chi connectivity index (χ0v) is 20.0. The van der Waals surface area contributed by atoms with Crippen LogP contribution in [0.3, 0.4) is 0 Å². The maximum atomic E-state index is 13.5.